The van der Waals surface area contributed by atoms with Crippen LogP contribution in [0.15, 0.2) is 54.6 Å². The Labute approximate surface area is 124 Å². The van der Waals surface area contributed by atoms with Crippen molar-refractivity contribution in [3.63, 3.8) is 0 Å². The van der Waals surface area contributed by atoms with Crippen molar-refractivity contribution in [2.45, 2.75) is 24.7 Å². The molecule has 21 heavy (non-hydrogen) atoms. The van der Waals surface area contributed by atoms with Gasteiger partial charge in [0.05, 0.1) is 11.5 Å². The van der Waals surface area contributed by atoms with E-state index in [1.807, 2.05) is 18.2 Å². The lowest BCUT2D eigenvalue weighted by molar-refractivity contribution is 0.471. The summed E-state index contributed by atoms with van der Waals surface area (Å²) in [6, 6.07) is 21.2. The molecular formula is C19H16N2. The zero-order valence-corrected chi connectivity index (χ0v) is 11.8. The first-order valence-corrected chi connectivity index (χ1v) is 7.38. The van der Waals surface area contributed by atoms with E-state index in [9.17, 15) is 5.26 Å². The molecule has 0 saturated heterocycles. The first-order chi connectivity index (χ1) is 10.3. The Balaban J connectivity index is 1.87. The van der Waals surface area contributed by atoms with Crippen LogP contribution in [0.4, 0.5) is 0 Å². The molecule has 1 aromatic heterocycles. The molecule has 1 unspecified atom stereocenters. The quantitative estimate of drug-likeness (QED) is 0.711. The molecule has 0 fully saturated rings. The lowest BCUT2D eigenvalue weighted by atomic mass is 9.69. The lowest BCUT2D eigenvalue weighted by Crippen LogP contribution is -2.31. The predicted octanol–water partition coefficient (Wildman–Crippen LogP) is 4.12. The number of hydrogen-bond acceptors (Lipinski definition) is 1. The van der Waals surface area contributed by atoms with Crippen LogP contribution in [0.25, 0.3) is 10.9 Å². The van der Waals surface area contributed by atoms with Gasteiger partial charge in [-0.25, -0.2) is 0 Å². The number of benzene rings is 2. The highest BCUT2D eigenvalue weighted by Crippen LogP contribution is 2.40. The molecule has 2 aromatic carbocycles. The van der Waals surface area contributed by atoms with Crippen molar-refractivity contribution in [2.24, 2.45) is 0 Å². The van der Waals surface area contributed by atoms with Gasteiger partial charge in [0.25, 0.3) is 0 Å². The van der Waals surface area contributed by atoms with Gasteiger partial charge in [-0.2, -0.15) is 5.26 Å². The number of hydrogen-bond donors (Lipinski definition) is 1. The molecule has 102 valence electrons. The highest BCUT2D eigenvalue weighted by molar-refractivity contribution is 5.85. The van der Waals surface area contributed by atoms with Crippen molar-refractivity contribution in [1.82, 2.24) is 4.98 Å². The summed E-state index contributed by atoms with van der Waals surface area (Å²) >= 11 is 0. The van der Waals surface area contributed by atoms with Crippen molar-refractivity contribution in [3.05, 3.63) is 71.4 Å². The van der Waals surface area contributed by atoms with Gasteiger partial charge in [-0.05, 0) is 36.5 Å². The monoisotopic (exact) mass is 272 g/mol. The Bertz CT molecular complexity index is 839. The molecule has 1 aliphatic rings. The first-order valence-electron chi connectivity index (χ1n) is 7.38. The number of fused-ring (bicyclic) bond motifs is 3. The van der Waals surface area contributed by atoms with Crippen LogP contribution in [-0.2, 0) is 18.3 Å². The Morgan fingerprint density at radius 2 is 1.76 bits per heavy atom. The zero-order chi connectivity index (χ0) is 14.3. The maximum atomic E-state index is 9.87. The molecule has 0 saturated carbocycles. The summed E-state index contributed by atoms with van der Waals surface area (Å²) < 4.78 is 0. The largest absolute Gasteiger partial charge is 0.358 e. The fraction of sp³-hybridized carbons (Fsp3) is 0.211. The van der Waals surface area contributed by atoms with Gasteiger partial charge in [0.1, 0.15) is 0 Å². The zero-order valence-electron chi connectivity index (χ0n) is 11.8. The van der Waals surface area contributed by atoms with Crippen LogP contribution in [0.5, 0.6) is 0 Å². The van der Waals surface area contributed by atoms with Crippen molar-refractivity contribution >= 4 is 10.9 Å². The van der Waals surface area contributed by atoms with Crippen LogP contribution in [0, 0.1) is 11.3 Å². The van der Waals surface area contributed by atoms with Gasteiger partial charge in [-0.15, -0.1) is 0 Å². The van der Waals surface area contributed by atoms with Crippen LogP contribution in [-0.4, -0.2) is 4.98 Å². The lowest BCUT2D eigenvalue weighted by Gasteiger charge is -2.31. The number of aromatic amines is 1. The third-order valence-corrected chi connectivity index (χ3v) is 4.72. The molecule has 1 aliphatic carbocycles. The van der Waals surface area contributed by atoms with E-state index in [4.69, 9.17) is 0 Å². The first kappa shape index (κ1) is 12.2. The highest BCUT2D eigenvalue weighted by atomic mass is 14.7. The number of nitrogens with one attached hydrogen (secondary N) is 1. The third-order valence-electron chi connectivity index (χ3n) is 4.72. The van der Waals surface area contributed by atoms with Gasteiger partial charge < -0.3 is 4.98 Å². The molecule has 2 heteroatoms. The number of aromatic nitrogens is 1. The van der Waals surface area contributed by atoms with Gasteiger partial charge in [0.2, 0.25) is 0 Å². The van der Waals surface area contributed by atoms with E-state index in [0.717, 1.165) is 24.8 Å². The Kier molecular flexibility index (Phi) is 2.62. The second-order valence-corrected chi connectivity index (χ2v) is 5.86. The number of H-pyrrole nitrogens is 1. The summed E-state index contributed by atoms with van der Waals surface area (Å²) in [7, 11) is 0. The van der Waals surface area contributed by atoms with Gasteiger partial charge in [0, 0.05) is 16.6 Å². The Morgan fingerprint density at radius 1 is 1.00 bits per heavy atom. The minimum Gasteiger partial charge on any atom is -0.358 e. The highest BCUT2D eigenvalue weighted by Gasteiger charge is 2.37. The van der Waals surface area contributed by atoms with Gasteiger partial charge in [-0.3, -0.25) is 0 Å². The number of para-hydroxylation sites is 1. The molecule has 1 atom stereocenters. The average molecular weight is 272 g/mol. The molecule has 1 heterocycles. The van der Waals surface area contributed by atoms with Crippen molar-refractivity contribution in [2.75, 3.05) is 0 Å². The average Bonchev–Trinajstić information content (AvgIpc) is 2.93. The summed E-state index contributed by atoms with van der Waals surface area (Å²) in [5.74, 6) is 0. The van der Waals surface area contributed by atoms with E-state index < -0.39 is 0 Å². The molecule has 3 aromatic rings. The molecular weight excluding hydrogens is 256 g/mol. The number of nitrogens with zero attached hydrogens (tertiary/aromatic N) is 1. The van der Waals surface area contributed by atoms with Gasteiger partial charge in [-0.1, -0.05) is 48.5 Å². The minimum absolute atomic E-state index is 0.390. The van der Waals surface area contributed by atoms with Gasteiger partial charge >= 0.3 is 0 Å². The molecule has 0 bridgehead atoms. The van der Waals surface area contributed by atoms with E-state index in [2.05, 4.69) is 47.5 Å². The predicted molar refractivity (Wildman–Crippen MR) is 84.1 cm³/mol. The van der Waals surface area contributed by atoms with Crippen LogP contribution in [0.3, 0.4) is 0 Å². The molecule has 0 amide bonds. The Morgan fingerprint density at radius 3 is 2.57 bits per heavy atom. The van der Waals surface area contributed by atoms with E-state index in [0.29, 0.717) is 0 Å². The Hall–Kier alpha value is -2.53. The van der Waals surface area contributed by atoms with Crippen LogP contribution in [0.1, 0.15) is 23.2 Å². The summed E-state index contributed by atoms with van der Waals surface area (Å²) in [5.41, 5.74) is 4.56. The van der Waals surface area contributed by atoms with E-state index in [1.165, 1.54) is 22.2 Å². The summed E-state index contributed by atoms with van der Waals surface area (Å²) in [5, 5.41) is 11.1. The van der Waals surface area contributed by atoms with Gasteiger partial charge in [0.15, 0.2) is 0 Å². The van der Waals surface area contributed by atoms with Crippen molar-refractivity contribution in [1.29, 1.82) is 5.26 Å². The van der Waals surface area contributed by atoms with Crippen LogP contribution >= 0.6 is 0 Å². The minimum atomic E-state index is -0.390. The smallest absolute Gasteiger partial charge is 0.0867 e. The van der Waals surface area contributed by atoms with Crippen molar-refractivity contribution < 1.29 is 0 Å². The molecule has 1 N–H and O–H groups in total. The SMILES string of the molecule is N#CC1(c2ccccc2)CCc2[nH]c3ccccc3c2C1. The fourth-order valence-corrected chi connectivity index (χ4v) is 3.56. The molecule has 0 spiro atoms. The summed E-state index contributed by atoms with van der Waals surface area (Å²) in [6.07, 6.45) is 2.62. The van der Waals surface area contributed by atoms with Crippen LogP contribution < -0.4 is 0 Å². The second-order valence-electron chi connectivity index (χ2n) is 5.86. The number of rotatable bonds is 1. The molecule has 2 nitrogen and oxygen atoms in total. The van der Waals surface area contributed by atoms with E-state index >= 15 is 0 Å². The second kappa shape index (κ2) is 4.49. The summed E-state index contributed by atoms with van der Waals surface area (Å²) in [4.78, 5) is 3.52. The van der Waals surface area contributed by atoms with Crippen molar-refractivity contribution in [3.8, 4) is 6.07 Å². The van der Waals surface area contributed by atoms with Crippen LogP contribution in [0.2, 0.25) is 0 Å². The molecule has 4 rings (SSSR count). The normalized spacial score (nSPS) is 20.9. The third kappa shape index (κ3) is 1.78. The number of nitriles is 1. The standard InChI is InChI=1S/C19H16N2/c20-13-19(14-6-2-1-3-7-14)11-10-18-16(12-19)15-8-4-5-9-17(15)21-18/h1-9,21H,10-12H2. The maximum Gasteiger partial charge on any atom is 0.0867 e. The summed E-state index contributed by atoms with van der Waals surface area (Å²) in [6.45, 7) is 0. The maximum absolute atomic E-state index is 9.87. The molecule has 0 aliphatic heterocycles. The molecule has 0 radical (unpaired) electrons. The topological polar surface area (TPSA) is 39.6 Å². The fourth-order valence-electron chi connectivity index (χ4n) is 3.56. The van der Waals surface area contributed by atoms with E-state index in [-0.39, 0.29) is 5.41 Å². The number of aryl methyl sites for hydroxylation is 1. The van der Waals surface area contributed by atoms with E-state index in [1.54, 1.807) is 0 Å².